The molecular formula is C15H24N4OS. The third kappa shape index (κ3) is 4.59. The summed E-state index contributed by atoms with van der Waals surface area (Å²) in [5, 5.41) is 3.65. The van der Waals surface area contributed by atoms with Gasteiger partial charge in [0.15, 0.2) is 0 Å². The van der Waals surface area contributed by atoms with E-state index in [1.165, 1.54) is 6.42 Å². The van der Waals surface area contributed by atoms with E-state index in [4.69, 9.17) is 0 Å². The van der Waals surface area contributed by atoms with Gasteiger partial charge in [0, 0.05) is 24.5 Å². The average molecular weight is 308 g/mol. The molecule has 1 aromatic heterocycles. The van der Waals surface area contributed by atoms with Crippen molar-refractivity contribution in [3.05, 3.63) is 23.8 Å². The van der Waals surface area contributed by atoms with Gasteiger partial charge in [-0.25, -0.2) is 14.8 Å². The van der Waals surface area contributed by atoms with Crippen LogP contribution in [0.3, 0.4) is 0 Å². The lowest BCUT2D eigenvalue weighted by molar-refractivity contribution is 0.190. The largest absolute Gasteiger partial charge is 0.332 e. The fourth-order valence-electron chi connectivity index (χ4n) is 2.72. The molecule has 2 atom stereocenters. The van der Waals surface area contributed by atoms with E-state index >= 15 is 0 Å². The molecule has 0 saturated heterocycles. The topological polar surface area (TPSA) is 58.1 Å². The van der Waals surface area contributed by atoms with Gasteiger partial charge in [0.2, 0.25) is 0 Å². The summed E-state index contributed by atoms with van der Waals surface area (Å²) in [6, 6.07) is 2.18. The molecule has 6 heteroatoms. The molecule has 0 radical (unpaired) electrons. The Bertz CT molecular complexity index is 482. The molecule has 1 heterocycles. The Hall–Kier alpha value is -1.30. The Kier molecular flexibility index (Phi) is 5.85. The second-order valence-electron chi connectivity index (χ2n) is 5.41. The second kappa shape index (κ2) is 7.64. The predicted octanol–water partition coefficient (Wildman–Crippen LogP) is 2.60. The number of carbonyl (C=O) groups excluding carboxylic acids is 1. The van der Waals surface area contributed by atoms with Crippen molar-refractivity contribution in [3.63, 3.8) is 0 Å². The second-order valence-corrected chi connectivity index (χ2v) is 6.99. The van der Waals surface area contributed by atoms with Crippen LogP contribution in [0.5, 0.6) is 0 Å². The molecule has 116 valence electrons. The Balaban J connectivity index is 1.80. The number of carbonyl (C=O) groups is 1. The molecule has 21 heavy (non-hydrogen) atoms. The monoisotopic (exact) mass is 308 g/mol. The number of amides is 2. The minimum Gasteiger partial charge on any atom is -0.332 e. The lowest BCUT2D eigenvalue weighted by atomic mass is 10.2. The number of thioether (sulfide) groups is 1. The van der Waals surface area contributed by atoms with Crippen LogP contribution in [-0.2, 0) is 6.54 Å². The number of nitrogens with zero attached hydrogens (tertiary/aromatic N) is 3. The van der Waals surface area contributed by atoms with Crippen molar-refractivity contribution in [3.8, 4) is 0 Å². The first-order valence-electron chi connectivity index (χ1n) is 7.51. The highest BCUT2D eigenvalue weighted by Gasteiger charge is 2.29. The summed E-state index contributed by atoms with van der Waals surface area (Å²) in [5.41, 5.74) is 0.843. The summed E-state index contributed by atoms with van der Waals surface area (Å²) >= 11 is 2.01. The number of aromatic nitrogens is 2. The Morgan fingerprint density at radius 1 is 1.52 bits per heavy atom. The molecule has 5 nitrogen and oxygen atoms in total. The lowest BCUT2D eigenvalue weighted by Crippen LogP contribution is -2.42. The van der Waals surface area contributed by atoms with Gasteiger partial charge in [-0.05, 0) is 38.0 Å². The van der Waals surface area contributed by atoms with Crippen LogP contribution in [0.1, 0.15) is 37.7 Å². The molecule has 1 aliphatic rings. The van der Waals surface area contributed by atoms with Gasteiger partial charge in [-0.2, -0.15) is 11.8 Å². The summed E-state index contributed by atoms with van der Waals surface area (Å²) in [7, 11) is 1.89. The van der Waals surface area contributed by atoms with Crippen LogP contribution in [0, 0.1) is 6.92 Å². The van der Waals surface area contributed by atoms with Gasteiger partial charge in [0.25, 0.3) is 0 Å². The molecular weight excluding hydrogens is 284 g/mol. The summed E-state index contributed by atoms with van der Waals surface area (Å²) in [4.78, 5) is 22.4. The fraction of sp³-hybridized carbons (Fsp3) is 0.667. The standard InChI is InChI=1S/C15H24N4OS/c1-4-21-14-6-5-13(9-14)19(3)15(20)17-10-12-7-8-16-11(2)18-12/h7-8,13-14H,4-6,9-10H2,1-3H3,(H,17,20)/t13-,14+/m1/s1. The van der Waals surface area contributed by atoms with Gasteiger partial charge in [0.05, 0.1) is 12.2 Å². The van der Waals surface area contributed by atoms with Crippen LogP contribution in [0.2, 0.25) is 0 Å². The van der Waals surface area contributed by atoms with Crippen molar-refractivity contribution in [1.29, 1.82) is 0 Å². The SMILES string of the molecule is CCS[C@H]1CC[C@@H](N(C)C(=O)NCc2ccnc(C)n2)C1. The van der Waals surface area contributed by atoms with Crippen molar-refractivity contribution in [1.82, 2.24) is 20.2 Å². The van der Waals surface area contributed by atoms with Crippen LogP contribution < -0.4 is 5.32 Å². The van der Waals surface area contributed by atoms with Gasteiger partial charge in [-0.15, -0.1) is 0 Å². The number of rotatable bonds is 5. The van der Waals surface area contributed by atoms with Crippen molar-refractivity contribution < 1.29 is 4.79 Å². The van der Waals surface area contributed by atoms with E-state index in [1.54, 1.807) is 6.20 Å². The van der Waals surface area contributed by atoms with Crippen LogP contribution in [-0.4, -0.2) is 45.0 Å². The summed E-state index contributed by atoms with van der Waals surface area (Å²) in [6.07, 6.45) is 5.15. The highest BCUT2D eigenvalue weighted by molar-refractivity contribution is 7.99. The van der Waals surface area contributed by atoms with Crippen molar-refractivity contribution >= 4 is 17.8 Å². The van der Waals surface area contributed by atoms with Crippen LogP contribution in [0.25, 0.3) is 0 Å². The van der Waals surface area contributed by atoms with E-state index in [2.05, 4.69) is 22.2 Å². The molecule has 1 aromatic rings. The first kappa shape index (κ1) is 16.1. The van der Waals surface area contributed by atoms with Gasteiger partial charge in [0.1, 0.15) is 5.82 Å². The van der Waals surface area contributed by atoms with Gasteiger partial charge >= 0.3 is 6.03 Å². The van der Waals surface area contributed by atoms with E-state index in [0.29, 0.717) is 17.8 Å². The maximum atomic E-state index is 12.2. The molecule has 1 aliphatic carbocycles. The molecule has 0 aromatic carbocycles. The summed E-state index contributed by atoms with van der Waals surface area (Å²) < 4.78 is 0. The zero-order valence-electron chi connectivity index (χ0n) is 13.0. The van der Waals surface area contributed by atoms with E-state index in [9.17, 15) is 4.79 Å². The van der Waals surface area contributed by atoms with Crippen molar-refractivity contribution in [2.24, 2.45) is 0 Å². The molecule has 1 N–H and O–H groups in total. The zero-order chi connectivity index (χ0) is 15.2. The number of aryl methyl sites for hydroxylation is 1. The quantitative estimate of drug-likeness (QED) is 0.908. The lowest BCUT2D eigenvalue weighted by Gasteiger charge is -2.25. The Morgan fingerprint density at radius 2 is 2.33 bits per heavy atom. The molecule has 1 saturated carbocycles. The first-order valence-corrected chi connectivity index (χ1v) is 8.55. The van der Waals surface area contributed by atoms with Crippen LogP contribution in [0.4, 0.5) is 4.79 Å². The van der Waals surface area contributed by atoms with Gasteiger partial charge in [-0.1, -0.05) is 6.92 Å². The fourth-order valence-corrected chi connectivity index (χ4v) is 3.85. The minimum absolute atomic E-state index is 0.0154. The summed E-state index contributed by atoms with van der Waals surface area (Å²) in [5.74, 6) is 1.88. The maximum Gasteiger partial charge on any atom is 0.317 e. The highest BCUT2D eigenvalue weighted by Crippen LogP contribution is 2.32. The molecule has 2 amide bonds. The highest BCUT2D eigenvalue weighted by atomic mass is 32.2. The van der Waals surface area contributed by atoms with E-state index in [-0.39, 0.29) is 6.03 Å². The maximum absolute atomic E-state index is 12.2. The Morgan fingerprint density at radius 3 is 3.05 bits per heavy atom. The van der Waals surface area contributed by atoms with Crippen molar-refractivity contribution in [2.75, 3.05) is 12.8 Å². The van der Waals surface area contributed by atoms with E-state index in [1.807, 2.05) is 36.7 Å². The average Bonchev–Trinajstić information content (AvgIpc) is 2.93. The first-order chi connectivity index (χ1) is 10.1. The molecule has 0 spiro atoms. The summed E-state index contributed by atoms with van der Waals surface area (Å²) in [6.45, 7) is 4.49. The normalized spacial score (nSPS) is 21.3. The van der Waals surface area contributed by atoms with E-state index in [0.717, 1.165) is 30.1 Å². The van der Waals surface area contributed by atoms with Crippen molar-refractivity contribution in [2.45, 2.75) is 50.9 Å². The number of hydrogen-bond acceptors (Lipinski definition) is 4. The van der Waals surface area contributed by atoms with Gasteiger partial charge < -0.3 is 10.2 Å². The molecule has 1 fully saturated rings. The van der Waals surface area contributed by atoms with E-state index < -0.39 is 0 Å². The minimum atomic E-state index is -0.0154. The zero-order valence-corrected chi connectivity index (χ0v) is 13.8. The number of nitrogens with one attached hydrogen (secondary N) is 1. The third-order valence-electron chi connectivity index (χ3n) is 3.88. The molecule has 0 aliphatic heterocycles. The third-order valence-corrected chi connectivity index (χ3v) is 5.11. The molecule has 0 bridgehead atoms. The smallest absolute Gasteiger partial charge is 0.317 e. The molecule has 0 unspecified atom stereocenters. The number of hydrogen-bond donors (Lipinski definition) is 1. The van der Waals surface area contributed by atoms with Crippen LogP contribution in [0.15, 0.2) is 12.3 Å². The Labute approximate surface area is 130 Å². The molecule has 2 rings (SSSR count). The predicted molar refractivity (Wildman–Crippen MR) is 86.3 cm³/mol. The van der Waals surface area contributed by atoms with Crippen LogP contribution >= 0.6 is 11.8 Å². The van der Waals surface area contributed by atoms with Gasteiger partial charge in [-0.3, -0.25) is 0 Å². The number of urea groups is 1.